The molecule has 2 aromatic heterocycles. The Kier molecular flexibility index (Phi) is 6.25. The molecule has 1 aliphatic heterocycles. The van der Waals surface area contributed by atoms with Crippen LogP contribution in [0.5, 0.6) is 0 Å². The second-order valence-electron chi connectivity index (χ2n) is 8.24. The Morgan fingerprint density at radius 1 is 1.06 bits per heavy atom. The second kappa shape index (κ2) is 9.51. The quantitative estimate of drug-likeness (QED) is 0.373. The Bertz CT molecular complexity index is 1610. The van der Waals surface area contributed by atoms with Crippen LogP contribution in [-0.2, 0) is 10.2 Å². The fraction of sp³-hybridized carbons (Fsp3) is 0.160. The molecule has 0 atom stereocenters. The average molecular weight is 505 g/mol. The summed E-state index contributed by atoms with van der Waals surface area (Å²) in [6, 6.07) is 16.3. The number of rotatable bonds is 4. The van der Waals surface area contributed by atoms with Crippen LogP contribution in [0.25, 0.3) is 22.2 Å². The number of fused-ring (bicyclic) bond motifs is 1. The van der Waals surface area contributed by atoms with Gasteiger partial charge in [0.2, 0.25) is 0 Å². The number of amides is 1. The molecule has 3 heterocycles. The Morgan fingerprint density at radius 2 is 1.92 bits per heavy atom. The van der Waals surface area contributed by atoms with Gasteiger partial charge in [-0.05, 0) is 55.0 Å². The maximum absolute atomic E-state index is 14.8. The van der Waals surface area contributed by atoms with E-state index < -0.39 is 21.9 Å². The van der Waals surface area contributed by atoms with Crippen LogP contribution in [0.2, 0.25) is 0 Å². The minimum atomic E-state index is -3.73. The minimum absolute atomic E-state index is 0.152. The van der Waals surface area contributed by atoms with E-state index in [0.29, 0.717) is 18.7 Å². The molecule has 0 radical (unpaired) electrons. The number of benzene rings is 2. The molecule has 9 nitrogen and oxygen atoms in total. The van der Waals surface area contributed by atoms with Gasteiger partial charge in [0.1, 0.15) is 5.82 Å². The number of carbonyl (C=O) groups excluding carboxylic acids is 1. The van der Waals surface area contributed by atoms with Crippen LogP contribution < -0.4 is 4.31 Å². The molecule has 4 aromatic rings. The van der Waals surface area contributed by atoms with Gasteiger partial charge in [-0.1, -0.05) is 12.1 Å². The molecule has 2 aromatic carbocycles. The van der Waals surface area contributed by atoms with Gasteiger partial charge in [0.05, 0.1) is 28.1 Å². The van der Waals surface area contributed by atoms with Crippen LogP contribution in [-0.4, -0.2) is 48.7 Å². The molecule has 1 saturated heterocycles. The van der Waals surface area contributed by atoms with E-state index in [9.17, 15) is 17.6 Å². The third kappa shape index (κ3) is 4.58. The molecule has 182 valence electrons. The molecule has 36 heavy (non-hydrogen) atoms. The van der Waals surface area contributed by atoms with Crippen LogP contribution in [0.4, 0.5) is 15.8 Å². The summed E-state index contributed by atoms with van der Waals surface area (Å²) < 4.78 is 42.1. The van der Waals surface area contributed by atoms with Crippen LogP contribution in [0.1, 0.15) is 16.8 Å². The Morgan fingerprint density at radius 3 is 2.75 bits per heavy atom. The highest BCUT2D eigenvalue weighted by Crippen LogP contribution is 2.27. The van der Waals surface area contributed by atoms with Gasteiger partial charge >= 0.3 is 10.2 Å². The zero-order chi connectivity index (χ0) is 25.3. The first kappa shape index (κ1) is 23.6. The zero-order valence-corrected chi connectivity index (χ0v) is 20.1. The first-order chi connectivity index (χ1) is 17.3. The normalized spacial score (nSPS) is 16.0. The van der Waals surface area contributed by atoms with Crippen molar-refractivity contribution in [1.29, 1.82) is 0 Å². The summed E-state index contributed by atoms with van der Waals surface area (Å²) >= 11 is 0. The predicted molar refractivity (Wildman–Crippen MR) is 134 cm³/mol. The van der Waals surface area contributed by atoms with E-state index in [4.69, 9.17) is 0 Å². The molecule has 5 rings (SSSR count). The SMILES string of the molecule is CN1CCCN(c2ccc(C(=O)N=Nc3cccc(-c4ccc5cnccc5n4)c3)c(F)c2)S1(=O)=O. The fourth-order valence-electron chi connectivity index (χ4n) is 3.94. The van der Waals surface area contributed by atoms with Gasteiger partial charge in [-0.25, -0.2) is 9.37 Å². The van der Waals surface area contributed by atoms with Gasteiger partial charge in [0.25, 0.3) is 5.91 Å². The van der Waals surface area contributed by atoms with E-state index >= 15 is 0 Å². The van der Waals surface area contributed by atoms with E-state index in [-0.39, 0.29) is 17.8 Å². The van der Waals surface area contributed by atoms with Crippen molar-refractivity contribution < 1.29 is 17.6 Å². The molecule has 1 amide bonds. The number of carbonyl (C=O) groups is 1. The number of nitrogens with zero attached hydrogens (tertiary/aromatic N) is 6. The van der Waals surface area contributed by atoms with E-state index in [1.807, 2.05) is 24.3 Å². The van der Waals surface area contributed by atoms with Gasteiger partial charge in [-0.3, -0.25) is 14.1 Å². The van der Waals surface area contributed by atoms with Crippen LogP contribution in [0.15, 0.2) is 83.3 Å². The number of halogens is 1. The molecule has 1 fully saturated rings. The molecule has 11 heteroatoms. The van der Waals surface area contributed by atoms with Crippen molar-refractivity contribution in [1.82, 2.24) is 14.3 Å². The van der Waals surface area contributed by atoms with Crippen molar-refractivity contribution in [3.63, 3.8) is 0 Å². The molecule has 0 saturated carbocycles. The van der Waals surface area contributed by atoms with Crippen molar-refractivity contribution in [2.75, 3.05) is 24.4 Å². The maximum Gasteiger partial charge on any atom is 0.303 e. The minimum Gasteiger partial charge on any atom is -0.265 e. The lowest BCUT2D eigenvalue weighted by Crippen LogP contribution is -2.48. The van der Waals surface area contributed by atoms with Crippen molar-refractivity contribution >= 4 is 38.4 Å². The highest BCUT2D eigenvalue weighted by molar-refractivity contribution is 7.90. The number of anilines is 1. The molecular weight excluding hydrogens is 483 g/mol. The fourth-order valence-corrected chi connectivity index (χ4v) is 5.38. The summed E-state index contributed by atoms with van der Waals surface area (Å²) in [5, 5.41) is 8.56. The first-order valence-electron chi connectivity index (χ1n) is 11.1. The largest absolute Gasteiger partial charge is 0.303 e. The smallest absolute Gasteiger partial charge is 0.265 e. The lowest BCUT2D eigenvalue weighted by atomic mass is 10.1. The van der Waals surface area contributed by atoms with Gasteiger partial charge in [-0.15, -0.1) is 10.2 Å². The van der Waals surface area contributed by atoms with Gasteiger partial charge in [0, 0.05) is 43.5 Å². The highest BCUT2D eigenvalue weighted by atomic mass is 32.2. The molecular formula is C25H21FN6O3S. The Hall–Kier alpha value is -4.09. The second-order valence-corrected chi connectivity index (χ2v) is 10.2. The van der Waals surface area contributed by atoms with Crippen molar-refractivity contribution in [3.8, 4) is 11.3 Å². The van der Waals surface area contributed by atoms with Gasteiger partial charge in [0.15, 0.2) is 0 Å². The number of aromatic nitrogens is 2. The zero-order valence-electron chi connectivity index (χ0n) is 19.2. The monoisotopic (exact) mass is 504 g/mol. The van der Waals surface area contributed by atoms with Gasteiger partial charge in [-0.2, -0.15) is 12.7 Å². The molecule has 0 bridgehead atoms. The maximum atomic E-state index is 14.8. The lowest BCUT2D eigenvalue weighted by molar-refractivity contribution is 0.0991. The van der Waals surface area contributed by atoms with Crippen molar-refractivity contribution in [2.24, 2.45) is 10.2 Å². The number of azo groups is 1. The summed E-state index contributed by atoms with van der Waals surface area (Å²) in [6.07, 6.45) is 4.01. The first-order valence-corrected chi connectivity index (χ1v) is 12.5. The third-order valence-corrected chi connectivity index (χ3v) is 7.79. The van der Waals surface area contributed by atoms with Crippen LogP contribution in [0, 0.1) is 5.82 Å². The Balaban J connectivity index is 1.36. The summed E-state index contributed by atoms with van der Waals surface area (Å²) in [6.45, 7) is 0.631. The van der Waals surface area contributed by atoms with Crippen LogP contribution in [0.3, 0.4) is 0 Å². The lowest BCUT2D eigenvalue weighted by Gasteiger charge is -2.33. The molecule has 0 unspecified atom stereocenters. The van der Waals surface area contributed by atoms with E-state index in [2.05, 4.69) is 20.2 Å². The molecule has 0 N–H and O–H groups in total. The Labute approximate surface area is 207 Å². The number of pyridine rings is 2. The summed E-state index contributed by atoms with van der Waals surface area (Å²) in [4.78, 5) is 21.3. The van der Waals surface area contributed by atoms with Crippen molar-refractivity contribution in [3.05, 3.63) is 84.4 Å². The topological polar surface area (TPSA) is 108 Å². The molecule has 0 spiro atoms. The summed E-state index contributed by atoms with van der Waals surface area (Å²) in [5.74, 6) is -1.75. The van der Waals surface area contributed by atoms with E-state index in [1.54, 1.807) is 30.6 Å². The summed E-state index contributed by atoms with van der Waals surface area (Å²) in [5.41, 5.74) is 2.55. The van der Waals surface area contributed by atoms with E-state index in [1.165, 1.54) is 23.5 Å². The molecule has 0 aliphatic carbocycles. The van der Waals surface area contributed by atoms with Crippen molar-refractivity contribution in [2.45, 2.75) is 6.42 Å². The number of hydrogen-bond acceptors (Lipinski definition) is 6. The van der Waals surface area contributed by atoms with Crippen LogP contribution >= 0.6 is 0 Å². The predicted octanol–water partition coefficient (Wildman–Crippen LogP) is 4.75. The summed E-state index contributed by atoms with van der Waals surface area (Å²) in [7, 11) is -2.25. The third-order valence-electron chi connectivity index (χ3n) is 5.87. The average Bonchev–Trinajstić information content (AvgIpc) is 2.88. The van der Waals surface area contributed by atoms with Gasteiger partial charge < -0.3 is 0 Å². The standard InChI is InChI=1S/C25H21FN6O3S/c1-31-12-3-13-32(36(31,34)35)20-7-8-21(22(26)15-20)25(33)30-29-19-5-2-4-17(14-19)23-9-6-18-16-27-11-10-24(18)28-23/h2,4-11,14-16H,3,12-13H2,1H3. The van der Waals surface area contributed by atoms with E-state index in [0.717, 1.165) is 32.5 Å². The highest BCUT2D eigenvalue weighted by Gasteiger charge is 2.31. The molecule has 1 aliphatic rings. The number of hydrogen-bond donors (Lipinski definition) is 0.